The number of methoxy groups -OCH3 is 1. The molecule has 0 saturated carbocycles. The van der Waals surface area contributed by atoms with Crippen molar-refractivity contribution < 1.29 is 9.53 Å². The highest BCUT2D eigenvalue weighted by Crippen LogP contribution is 2.24. The quantitative estimate of drug-likeness (QED) is 0.841. The van der Waals surface area contributed by atoms with E-state index in [1.165, 1.54) is 0 Å². The Morgan fingerprint density at radius 3 is 2.55 bits per heavy atom. The van der Waals surface area contributed by atoms with Gasteiger partial charge in [-0.1, -0.05) is 18.2 Å². The number of para-hydroxylation sites is 1. The van der Waals surface area contributed by atoms with Gasteiger partial charge >= 0.3 is 0 Å². The molecular formula is C16H26N2O2. The van der Waals surface area contributed by atoms with E-state index in [2.05, 4.69) is 31.4 Å². The summed E-state index contributed by atoms with van der Waals surface area (Å²) in [5, 5.41) is 6.30. The number of amides is 1. The second kappa shape index (κ2) is 7.29. The monoisotopic (exact) mass is 278 g/mol. The maximum atomic E-state index is 11.9. The lowest BCUT2D eigenvalue weighted by Crippen LogP contribution is -2.38. The minimum Gasteiger partial charge on any atom is -0.496 e. The average molecular weight is 278 g/mol. The van der Waals surface area contributed by atoms with Gasteiger partial charge < -0.3 is 15.4 Å². The first-order valence-corrected chi connectivity index (χ1v) is 7.01. The Kier molecular flexibility index (Phi) is 6.02. The van der Waals surface area contributed by atoms with E-state index in [9.17, 15) is 4.79 Å². The van der Waals surface area contributed by atoms with E-state index in [1.54, 1.807) is 7.11 Å². The van der Waals surface area contributed by atoms with Crippen molar-refractivity contribution in [3.8, 4) is 5.75 Å². The van der Waals surface area contributed by atoms with Gasteiger partial charge in [0.15, 0.2) is 0 Å². The lowest BCUT2D eigenvalue weighted by molar-refractivity contribution is -0.121. The molecule has 0 saturated heterocycles. The maximum absolute atomic E-state index is 11.9. The molecule has 1 aromatic carbocycles. The smallest absolute Gasteiger partial charge is 0.221 e. The molecule has 1 rings (SSSR count). The van der Waals surface area contributed by atoms with Crippen molar-refractivity contribution in [2.24, 2.45) is 0 Å². The van der Waals surface area contributed by atoms with Crippen LogP contribution in [0.25, 0.3) is 0 Å². The van der Waals surface area contributed by atoms with Crippen LogP contribution < -0.4 is 15.4 Å². The van der Waals surface area contributed by atoms with Gasteiger partial charge in [-0.15, -0.1) is 0 Å². The van der Waals surface area contributed by atoms with Crippen molar-refractivity contribution in [2.75, 3.05) is 13.7 Å². The molecule has 0 unspecified atom stereocenters. The van der Waals surface area contributed by atoms with Crippen LogP contribution in [0, 0.1) is 0 Å². The Morgan fingerprint density at radius 2 is 1.95 bits per heavy atom. The number of carbonyl (C=O) groups is 1. The number of nitrogens with one attached hydrogen (secondary N) is 2. The molecule has 0 aromatic heterocycles. The molecule has 2 N–H and O–H groups in total. The molecule has 0 aliphatic heterocycles. The average Bonchev–Trinajstić information content (AvgIpc) is 2.37. The van der Waals surface area contributed by atoms with E-state index in [4.69, 9.17) is 4.74 Å². The normalized spacial score (nSPS) is 12.8. The van der Waals surface area contributed by atoms with Crippen LogP contribution in [0.3, 0.4) is 0 Å². The summed E-state index contributed by atoms with van der Waals surface area (Å²) in [4.78, 5) is 11.9. The summed E-state index contributed by atoms with van der Waals surface area (Å²) in [6, 6.07) is 7.68. The van der Waals surface area contributed by atoms with Crippen LogP contribution in [-0.4, -0.2) is 25.1 Å². The predicted octanol–water partition coefficient (Wildman–Crippen LogP) is 2.65. The Bertz CT molecular complexity index is 438. The molecule has 20 heavy (non-hydrogen) atoms. The van der Waals surface area contributed by atoms with Gasteiger partial charge in [0.25, 0.3) is 0 Å². The van der Waals surface area contributed by atoms with E-state index in [0.29, 0.717) is 13.0 Å². The first-order valence-electron chi connectivity index (χ1n) is 7.01. The van der Waals surface area contributed by atoms with Crippen LogP contribution >= 0.6 is 0 Å². The van der Waals surface area contributed by atoms with Crippen LogP contribution in [0.15, 0.2) is 24.3 Å². The molecule has 0 radical (unpaired) electrons. The molecule has 0 bridgehead atoms. The molecule has 0 aliphatic carbocycles. The number of benzene rings is 1. The fraction of sp³-hybridized carbons (Fsp3) is 0.562. The summed E-state index contributed by atoms with van der Waals surface area (Å²) >= 11 is 0. The van der Waals surface area contributed by atoms with Crippen LogP contribution in [-0.2, 0) is 4.79 Å². The standard InChI is InChI=1S/C16H26N2O2/c1-12(13-8-6-7-9-14(13)20-5)18-15(19)10-11-17-16(2,3)4/h6-9,12,17H,10-11H2,1-5H3,(H,18,19)/t12-/m0/s1. The Hall–Kier alpha value is -1.55. The molecule has 0 spiro atoms. The number of rotatable bonds is 6. The van der Waals surface area contributed by atoms with Gasteiger partial charge in [0, 0.05) is 24.1 Å². The second-order valence-electron chi connectivity index (χ2n) is 5.96. The van der Waals surface area contributed by atoms with Gasteiger partial charge in [0.1, 0.15) is 5.75 Å². The molecule has 0 aliphatic rings. The fourth-order valence-electron chi connectivity index (χ4n) is 1.97. The van der Waals surface area contributed by atoms with Crippen molar-refractivity contribution >= 4 is 5.91 Å². The highest BCUT2D eigenvalue weighted by atomic mass is 16.5. The molecule has 1 atom stereocenters. The third-order valence-corrected chi connectivity index (χ3v) is 2.99. The van der Waals surface area contributed by atoms with E-state index in [0.717, 1.165) is 11.3 Å². The van der Waals surface area contributed by atoms with Crippen molar-refractivity contribution in [1.82, 2.24) is 10.6 Å². The van der Waals surface area contributed by atoms with Crippen molar-refractivity contribution in [1.29, 1.82) is 0 Å². The second-order valence-corrected chi connectivity index (χ2v) is 5.96. The summed E-state index contributed by atoms with van der Waals surface area (Å²) < 4.78 is 5.31. The van der Waals surface area contributed by atoms with E-state index in [1.807, 2.05) is 31.2 Å². The van der Waals surface area contributed by atoms with E-state index < -0.39 is 0 Å². The highest BCUT2D eigenvalue weighted by Gasteiger charge is 2.14. The fourth-order valence-corrected chi connectivity index (χ4v) is 1.97. The first kappa shape index (κ1) is 16.5. The van der Waals surface area contributed by atoms with Crippen molar-refractivity contribution in [3.63, 3.8) is 0 Å². The summed E-state index contributed by atoms with van der Waals surface area (Å²) in [5.74, 6) is 0.841. The lowest BCUT2D eigenvalue weighted by Gasteiger charge is -2.21. The molecule has 4 heteroatoms. The SMILES string of the molecule is COc1ccccc1[C@H](C)NC(=O)CCNC(C)(C)C. The first-order chi connectivity index (χ1) is 9.33. The Labute approximate surface area is 121 Å². The van der Waals surface area contributed by atoms with Crippen LogP contribution in [0.4, 0.5) is 0 Å². The zero-order valence-corrected chi connectivity index (χ0v) is 13.1. The van der Waals surface area contributed by atoms with Crippen molar-refractivity contribution in [2.45, 2.75) is 45.7 Å². The minimum absolute atomic E-state index is 0.0363. The summed E-state index contributed by atoms with van der Waals surface area (Å²) in [6.45, 7) is 8.90. The van der Waals surface area contributed by atoms with Gasteiger partial charge in [0.2, 0.25) is 5.91 Å². The third kappa shape index (κ3) is 5.61. The lowest BCUT2D eigenvalue weighted by atomic mass is 10.1. The zero-order valence-electron chi connectivity index (χ0n) is 13.1. The van der Waals surface area contributed by atoms with Gasteiger partial charge in [-0.25, -0.2) is 0 Å². The Balaban J connectivity index is 2.49. The Morgan fingerprint density at radius 1 is 1.30 bits per heavy atom. The predicted molar refractivity (Wildman–Crippen MR) is 81.9 cm³/mol. The van der Waals surface area contributed by atoms with Gasteiger partial charge in [0.05, 0.1) is 13.2 Å². The number of carbonyl (C=O) groups excluding carboxylic acids is 1. The molecule has 4 nitrogen and oxygen atoms in total. The number of hydrogen-bond donors (Lipinski definition) is 2. The third-order valence-electron chi connectivity index (χ3n) is 2.99. The molecular weight excluding hydrogens is 252 g/mol. The summed E-state index contributed by atoms with van der Waals surface area (Å²) in [5.41, 5.74) is 1.03. The van der Waals surface area contributed by atoms with Gasteiger partial charge in [-0.05, 0) is 33.8 Å². The molecule has 1 aromatic rings. The number of ether oxygens (including phenoxy) is 1. The maximum Gasteiger partial charge on any atom is 0.221 e. The van der Waals surface area contributed by atoms with Gasteiger partial charge in [-0.2, -0.15) is 0 Å². The molecule has 112 valence electrons. The number of hydrogen-bond acceptors (Lipinski definition) is 3. The highest BCUT2D eigenvalue weighted by molar-refractivity contribution is 5.76. The minimum atomic E-state index is -0.0618. The molecule has 0 fully saturated rings. The van der Waals surface area contributed by atoms with Crippen LogP contribution in [0.5, 0.6) is 5.75 Å². The van der Waals surface area contributed by atoms with E-state index in [-0.39, 0.29) is 17.5 Å². The van der Waals surface area contributed by atoms with Crippen LogP contribution in [0.1, 0.15) is 45.7 Å². The molecule has 0 heterocycles. The van der Waals surface area contributed by atoms with Crippen LogP contribution in [0.2, 0.25) is 0 Å². The molecule has 1 amide bonds. The van der Waals surface area contributed by atoms with E-state index >= 15 is 0 Å². The van der Waals surface area contributed by atoms with Crippen molar-refractivity contribution in [3.05, 3.63) is 29.8 Å². The summed E-state index contributed by atoms with van der Waals surface area (Å²) in [7, 11) is 1.64. The zero-order chi connectivity index (χ0) is 15.2. The summed E-state index contributed by atoms with van der Waals surface area (Å²) in [6.07, 6.45) is 0.469. The van der Waals surface area contributed by atoms with Gasteiger partial charge in [-0.3, -0.25) is 4.79 Å². The largest absolute Gasteiger partial charge is 0.496 e. The topological polar surface area (TPSA) is 50.4 Å².